The second-order valence-electron chi connectivity index (χ2n) is 11.9. The number of aryl methyl sites for hydroxylation is 2. The van der Waals surface area contributed by atoms with Crippen LogP contribution < -0.4 is 16.0 Å². The zero-order chi connectivity index (χ0) is 31.1. The van der Waals surface area contributed by atoms with Gasteiger partial charge < -0.3 is 20.9 Å². The van der Waals surface area contributed by atoms with Crippen LogP contribution in [-0.4, -0.2) is 53.4 Å². The molecule has 1 aromatic heterocycles. The van der Waals surface area contributed by atoms with Crippen molar-refractivity contribution in [2.45, 2.75) is 58.7 Å². The Bertz CT molecular complexity index is 1530. The Kier molecular flexibility index (Phi) is 10.1. The Morgan fingerprint density at radius 2 is 1.57 bits per heavy atom. The number of primary amides is 1. The summed E-state index contributed by atoms with van der Waals surface area (Å²) in [4.78, 5) is 33.9. The van der Waals surface area contributed by atoms with Gasteiger partial charge in [-0.05, 0) is 104 Å². The Hall–Kier alpha value is -4.49. The van der Waals surface area contributed by atoms with Crippen LogP contribution in [0.2, 0.25) is 0 Å². The summed E-state index contributed by atoms with van der Waals surface area (Å²) in [6, 6.07) is 27.1. The van der Waals surface area contributed by atoms with Gasteiger partial charge in [0.2, 0.25) is 5.91 Å². The van der Waals surface area contributed by atoms with E-state index in [2.05, 4.69) is 63.4 Å². The van der Waals surface area contributed by atoms with E-state index in [0.29, 0.717) is 24.2 Å². The van der Waals surface area contributed by atoms with Gasteiger partial charge >= 0.3 is 0 Å². The van der Waals surface area contributed by atoms with Crippen molar-refractivity contribution in [3.05, 3.63) is 119 Å². The number of aromatic nitrogens is 1. The molecule has 0 aliphatic carbocycles. The highest BCUT2D eigenvalue weighted by atomic mass is 16.2. The topological polar surface area (TPSA) is 91.6 Å². The van der Waals surface area contributed by atoms with Crippen LogP contribution in [0.1, 0.15) is 63.6 Å². The third-order valence-electron chi connectivity index (χ3n) is 8.86. The van der Waals surface area contributed by atoms with Gasteiger partial charge in [-0.2, -0.15) is 0 Å². The van der Waals surface area contributed by atoms with E-state index in [1.54, 1.807) is 12.4 Å². The van der Waals surface area contributed by atoms with Crippen molar-refractivity contribution in [2.24, 2.45) is 5.73 Å². The van der Waals surface area contributed by atoms with Gasteiger partial charge in [0.05, 0.1) is 0 Å². The lowest BCUT2D eigenvalue weighted by Gasteiger charge is -2.42. The van der Waals surface area contributed by atoms with Crippen molar-refractivity contribution in [3.63, 3.8) is 0 Å². The minimum atomic E-state index is -0.408. The fraction of sp³-hybridized carbons (Fsp3) is 0.324. The molecule has 3 aromatic carbocycles. The molecule has 5 rings (SSSR count). The van der Waals surface area contributed by atoms with Crippen molar-refractivity contribution in [2.75, 3.05) is 24.5 Å². The molecule has 0 spiro atoms. The van der Waals surface area contributed by atoms with Gasteiger partial charge in [-0.15, -0.1) is 0 Å². The zero-order valence-corrected chi connectivity index (χ0v) is 26.0. The smallest absolute Gasteiger partial charge is 0.251 e. The third kappa shape index (κ3) is 7.53. The minimum absolute atomic E-state index is 0.00825. The first-order chi connectivity index (χ1) is 21.3. The van der Waals surface area contributed by atoms with Crippen molar-refractivity contribution >= 4 is 17.5 Å². The molecular formula is C37H43N5O2. The summed E-state index contributed by atoms with van der Waals surface area (Å²) in [6.45, 7) is 9.72. The van der Waals surface area contributed by atoms with Crippen molar-refractivity contribution in [1.82, 2.24) is 15.2 Å². The quantitative estimate of drug-likeness (QED) is 0.219. The van der Waals surface area contributed by atoms with Crippen LogP contribution in [0.25, 0.3) is 11.1 Å². The molecule has 4 aromatic rings. The average molecular weight is 590 g/mol. The Morgan fingerprint density at radius 3 is 2.18 bits per heavy atom. The van der Waals surface area contributed by atoms with Gasteiger partial charge in [0, 0.05) is 67.5 Å². The van der Waals surface area contributed by atoms with Crippen molar-refractivity contribution < 1.29 is 9.59 Å². The van der Waals surface area contributed by atoms with E-state index in [0.717, 1.165) is 72.4 Å². The fourth-order valence-corrected chi connectivity index (χ4v) is 6.37. The molecule has 2 amide bonds. The predicted molar refractivity (Wildman–Crippen MR) is 178 cm³/mol. The molecule has 1 aliphatic rings. The number of pyridine rings is 1. The van der Waals surface area contributed by atoms with E-state index in [1.807, 2.05) is 56.3 Å². The van der Waals surface area contributed by atoms with Gasteiger partial charge in [0.1, 0.15) is 0 Å². The standard InChI is InChI=1S/C37H43N5O2/c1-26-23-32(30-14-18-39-19-15-30)24-27(2)35(26)37(44)40-20-13-28(3)41-21-16-34(17-22-41)42(25-29-7-5-4-6-8-29)33-11-9-31(10-12-33)36(38)43/h4-12,14-15,18-19,23-24,28,34H,13,16-17,20-22,25H2,1-3H3,(H2,38,43)(H,40,44). The maximum atomic E-state index is 13.2. The number of benzene rings is 3. The van der Waals surface area contributed by atoms with Gasteiger partial charge in [0.25, 0.3) is 5.91 Å². The molecule has 1 atom stereocenters. The molecule has 3 N–H and O–H groups in total. The number of likely N-dealkylation sites (tertiary alicyclic amines) is 1. The van der Waals surface area contributed by atoms with E-state index in [-0.39, 0.29) is 5.91 Å². The summed E-state index contributed by atoms with van der Waals surface area (Å²) in [5.74, 6) is -0.417. The molecule has 1 unspecified atom stereocenters. The summed E-state index contributed by atoms with van der Waals surface area (Å²) >= 11 is 0. The van der Waals surface area contributed by atoms with E-state index in [9.17, 15) is 9.59 Å². The van der Waals surface area contributed by atoms with E-state index < -0.39 is 5.91 Å². The lowest BCUT2D eigenvalue weighted by molar-refractivity contribution is 0.0942. The summed E-state index contributed by atoms with van der Waals surface area (Å²) in [5.41, 5.74) is 13.3. The number of piperidine rings is 1. The largest absolute Gasteiger partial charge is 0.366 e. The van der Waals surface area contributed by atoms with Gasteiger partial charge in [-0.25, -0.2) is 0 Å². The van der Waals surface area contributed by atoms with Crippen LogP contribution in [0, 0.1) is 13.8 Å². The van der Waals surface area contributed by atoms with Crippen LogP contribution in [-0.2, 0) is 6.54 Å². The molecule has 2 heterocycles. The number of nitrogens with two attached hydrogens (primary N) is 1. The number of carbonyl (C=O) groups is 2. The van der Waals surface area contributed by atoms with E-state index >= 15 is 0 Å². The summed E-state index contributed by atoms with van der Waals surface area (Å²) < 4.78 is 0. The molecule has 1 fully saturated rings. The van der Waals surface area contributed by atoms with E-state index in [4.69, 9.17) is 5.73 Å². The lowest BCUT2D eigenvalue weighted by atomic mass is 9.95. The normalized spacial score (nSPS) is 14.6. The Balaban J connectivity index is 1.16. The SMILES string of the molecule is Cc1cc(-c2ccncc2)cc(C)c1C(=O)NCCC(C)N1CCC(N(Cc2ccccc2)c2ccc(C(N)=O)cc2)CC1. The van der Waals surface area contributed by atoms with Crippen LogP contribution >= 0.6 is 0 Å². The number of nitrogens with one attached hydrogen (secondary N) is 1. The first-order valence-electron chi connectivity index (χ1n) is 15.5. The molecule has 1 aliphatic heterocycles. The number of rotatable bonds is 11. The maximum Gasteiger partial charge on any atom is 0.251 e. The monoisotopic (exact) mass is 589 g/mol. The highest BCUT2D eigenvalue weighted by Gasteiger charge is 2.27. The lowest BCUT2D eigenvalue weighted by Crippen LogP contribution is -2.48. The molecule has 0 radical (unpaired) electrons. The Morgan fingerprint density at radius 1 is 0.932 bits per heavy atom. The number of anilines is 1. The van der Waals surface area contributed by atoms with Crippen LogP contribution in [0.5, 0.6) is 0 Å². The molecule has 228 valence electrons. The number of carbonyl (C=O) groups excluding carboxylic acids is 2. The van der Waals surface area contributed by atoms with Gasteiger partial charge in [-0.1, -0.05) is 42.5 Å². The Labute approximate surface area is 261 Å². The maximum absolute atomic E-state index is 13.2. The number of hydrogen-bond donors (Lipinski definition) is 2. The molecule has 1 saturated heterocycles. The highest BCUT2D eigenvalue weighted by Crippen LogP contribution is 2.28. The third-order valence-corrected chi connectivity index (χ3v) is 8.86. The van der Waals surface area contributed by atoms with Crippen LogP contribution in [0.3, 0.4) is 0 Å². The molecular weight excluding hydrogens is 546 g/mol. The fourth-order valence-electron chi connectivity index (χ4n) is 6.37. The molecule has 7 nitrogen and oxygen atoms in total. The predicted octanol–water partition coefficient (Wildman–Crippen LogP) is 6.14. The molecule has 0 saturated carbocycles. The van der Waals surface area contributed by atoms with Crippen molar-refractivity contribution in [1.29, 1.82) is 0 Å². The second kappa shape index (κ2) is 14.3. The van der Waals surface area contributed by atoms with Crippen LogP contribution in [0.4, 0.5) is 5.69 Å². The number of nitrogens with zero attached hydrogens (tertiary/aromatic N) is 3. The number of hydrogen-bond acceptors (Lipinski definition) is 5. The molecule has 44 heavy (non-hydrogen) atoms. The molecule has 7 heteroatoms. The summed E-state index contributed by atoms with van der Waals surface area (Å²) in [5, 5.41) is 3.18. The zero-order valence-electron chi connectivity index (χ0n) is 26.0. The van der Waals surface area contributed by atoms with Gasteiger partial charge in [-0.3, -0.25) is 14.6 Å². The first kappa shape index (κ1) is 31.0. The average Bonchev–Trinajstić information content (AvgIpc) is 3.04. The van der Waals surface area contributed by atoms with Crippen LogP contribution in [0.15, 0.2) is 91.3 Å². The van der Waals surface area contributed by atoms with E-state index in [1.165, 1.54) is 5.56 Å². The first-order valence-corrected chi connectivity index (χ1v) is 15.5. The molecule has 0 bridgehead atoms. The van der Waals surface area contributed by atoms with Gasteiger partial charge in [0.15, 0.2) is 0 Å². The van der Waals surface area contributed by atoms with Crippen molar-refractivity contribution in [3.8, 4) is 11.1 Å². The summed E-state index contributed by atoms with van der Waals surface area (Å²) in [6.07, 6.45) is 6.56. The minimum Gasteiger partial charge on any atom is -0.366 e. The second-order valence-corrected chi connectivity index (χ2v) is 11.9. The summed E-state index contributed by atoms with van der Waals surface area (Å²) in [7, 11) is 0. The highest BCUT2D eigenvalue weighted by molar-refractivity contribution is 5.97. The number of amides is 2.